The van der Waals surface area contributed by atoms with Gasteiger partial charge in [-0.05, 0) is 36.8 Å². The molecule has 0 spiro atoms. The van der Waals surface area contributed by atoms with Gasteiger partial charge in [0.15, 0.2) is 0 Å². The van der Waals surface area contributed by atoms with E-state index in [1.54, 1.807) is 0 Å². The molecule has 1 saturated carbocycles. The van der Waals surface area contributed by atoms with Crippen LogP contribution in [-0.2, 0) is 11.3 Å². The van der Waals surface area contributed by atoms with E-state index in [2.05, 4.69) is 38.3 Å². The third-order valence-electron chi connectivity index (χ3n) is 4.44. The van der Waals surface area contributed by atoms with E-state index in [1.165, 1.54) is 12.8 Å². The van der Waals surface area contributed by atoms with Crippen LogP contribution in [0.15, 0.2) is 24.3 Å². The molecule has 0 atom stereocenters. The number of imidazole rings is 1. The second kappa shape index (κ2) is 6.96. The molecule has 4 nitrogen and oxygen atoms in total. The number of hydrogen-bond donors (Lipinski definition) is 0. The first-order chi connectivity index (χ1) is 11.5. The Bertz CT molecular complexity index is 703. The van der Waals surface area contributed by atoms with Crippen LogP contribution in [0.2, 0.25) is 0 Å². The van der Waals surface area contributed by atoms with Crippen LogP contribution in [0.4, 0.5) is 0 Å². The average Bonchev–Trinajstić information content (AvgIpc) is 3.29. The molecule has 0 radical (unpaired) electrons. The number of aromatic nitrogens is 2. The van der Waals surface area contributed by atoms with Gasteiger partial charge in [0, 0.05) is 19.0 Å². The summed E-state index contributed by atoms with van der Waals surface area (Å²) in [6.45, 7) is 10.7. The van der Waals surface area contributed by atoms with E-state index in [0.29, 0.717) is 24.3 Å². The first kappa shape index (κ1) is 17.0. The molecule has 0 aliphatic heterocycles. The number of carbonyl (C=O) groups is 1. The van der Waals surface area contributed by atoms with Crippen LogP contribution in [0, 0.1) is 11.8 Å². The Morgan fingerprint density at radius 3 is 2.38 bits per heavy atom. The van der Waals surface area contributed by atoms with Crippen molar-refractivity contribution in [2.75, 3.05) is 13.1 Å². The molecule has 3 rings (SSSR count). The van der Waals surface area contributed by atoms with Gasteiger partial charge in [0.1, 0.15) is 12.4 Å². The van der Waals surface area contributed by atoms with Gasteiger partial charge in [-0.2, -0.15) is 0 Å². The molecule has 1 aliphatic carbocycles. The van der Waals surface area contributed by atoms with Crippen molar-refractivity contribution in [1.29, 1.82) is 0 Å². The highest BCUT2D eigenvalue weighted by Crippen LogP contribution is 2.40. The first-order valence-corrected chi connectivity index (χ1v) is 9.18. The quantitative estimate of drug-likeness (QED) is 0.769. The summed E-state index contributed by atoms with van der Waals surface area (Å²) in [6, 6.07) is 8.17. The summed E-state index contributed by atoms with van der Waals surface area (Å²) in [6.07, 6.45) is 2.39. The predicted octanol–water partition coefficient (Wildman–Crippen LogP) is 4.05. The SMILES string of the molecule is CC(C)CN(CC(C)C)C(=O)Cn1c(C2CC2)nc2ccccc21. The largest absolute Gasteiger partial charge is 0.341 e. The minimum absolute atomic E-state index is 0.211. The summed E-state index contributed by atoms with van der Waals surface area (Å²) >= 11 is 0. The highest BCUT2D eigenvalue weighted by Gasteiger charge is 2.30. The van der Waals surface area contributed by atoms with Crippen LogP contribution in [0.5, 0.6) is 0 Å². The number of amides is 1. The normalized spacial score (nSPS) is 14.8. The van der Waals surface area contributed by atoms with Gasteiger partial charge in [0.2, 0.25) is 5.91 Å². The molecule has 1 aromatic carbocycles. The molecule has 1 fully saturated rings. The minimum atomic E-state index is 0.211. The van der Waals surface area contributed by atoms with Crippen molar-refractivity contribution in [3.05, 3.63) is 30.1 Å². The van der Waals surface area contributed by atoms with Gasteiger partial charge in [0.25, 0.3) is 0 Å². The highest BCUT2D eigenvalue weighted by atomic mass is 16.2. The van der Waals surface area contributed by atoms with Gasteiger partial charge in [-0.15, -0.1) is 0 Å². The standard InChI is InChI=1S/C20H29N3O/c1-14(2)11-22(12-15(3)4)19(24)13-23-18-8-6-5-7-17(18)21-20(23)16-9-10-16/h5-8,14-16H,9-13H2,1-4H3. The lowest BCUT2D eigenvalue weighted by Crippen LogP contribution is -2.39. The van der Waals surface area contributed by atoms with Gasteiger partial charge in [-0.1, -0.05) is 39.8 Å². The number of hydrogen-bond acceptors (Lipinski definition) is 2. The summed E-state index contributed by atoms with van der Waals surface area (Å²) in [5.41, 5.74) is 2.09. The van der Waals surface area contributed by atoms with Gasteiger partial charge in [-0.25, -0.2) is 4.98 Å². The summed E-state index contributed by atoms with van der Waals surface area (Å²) in [5.74, 6) is 2.81. The Balaban J connectivity index is 1.87. The van der Waals surface area contributed by atoms with Crippen LogP contribution < -0.4 is 0 Å². The molecule has 4 heteroatoms. The molecular weight excluding hydrogens is 298 g/mol. The Hall–Kier alpha value is -1.84. The third kappa shape index (κ3) is 3.80. The maximum Gasteiger partial charge on any atom is 0.242 e. The number of nitrogens with zero attached hydrogens (tertiary/aromatic N) is 3. The van der Waals surface area contributed by atoms with Crippen molar-refractivity contribution in [1.82, 2.24) is 14.5 Å². The zero-order chi connectivity index (χ0) is 17.3. The van der Waals surface area contributed by atoms with Gasteiger partial charge < -0.3 is 9.47 Å². The topological polar surface area (TPSA) is 38.1 Å². The molecule has 1 amide bonds. The van der Waals surface area contributed by atoms with Crippen molar-refractivity contribution >= 4 is 16.9 Å². The zero-order valence-electron chi connectivity index (χ0n) is 15.3. The lowest BCUT2D eigenvalue weighted by Gasteiger charge is -2.27. The fourth-order valence-electron chi connectivity index (χ4n) is 3.31. The maximum absolute atomic E-state index is 13.0. The Morgan fingerprint density at radius 2 is 1.79 bits per heavy atom. The van der Waals surface area contributed by atoms with Crippen molar-refractivity contribution < 1.29 is 4.79 Å². The zero-order valence-corrected chi connectivity index (χ0v) is 15.3. The Kier molecular flexibility index (Phi) is 4.93. The van der Waals surface area contributed by atoms with E-state index in [1.807, 2.05) is 23.1 Å². The molecule has 0 bridgehead atoms. The Labute approximate surface area is 144 Å². The first-order valence-electron chi connectivity index (χ1n) is 9.18. The summed E-state index contributed by atoms with van der Waals surface area (Å²) in [5, 5.41) is 0. The fourth-order valence-corrected chi connectivity index (χ4v) is 3.31. The smallest absolute Gasteiger partial charge is 0.242 e. The number of para-hydroxylation sites is 2. The molecule has 1 aromatic heterocycles. The van der Waals surface area contributed by atoms with Gasteiger partial charge in [-0.3, -0.25) is 4.79 Å². The van der Waals surface area contributed by atoms with E-state index in [9.17, 15) is 4.79 Å². The molecule has 1 aliphatic rings. The van der Waals surface area contributed by atoms with Crippen LogP contribution >= 0.6 is 0 Å². The van der Waals surface area contributed by atoms with Crippen LogP contribution in [0.3, 0.4) is 0 Å². The molecule has 0 N–H and O–H groups in total. The second-order valence-corrected chi connectivity index (χ2v) is 7.91. The Morgan fingerprint density at radius 1 is 1.17 bits per heavy atom. The lowest BCUT2D eigenvalue weighted by molar-refractivity contribution is -0.132. The average molecular weight is 327 g/mol. The molecule has 1 heterocycles. The monoisotopic (exact) mass is 327 g/mol. The highest BCUT2D eigenvalue weighted by molar-refractivity contribution is 5.81. The van der Waals surface area contributed by atoms with E-state index in [-0.39, 0.29) is 5.91 Å². The summed E-state index contributed by atoms with van der Waals surface area (Å²) in [7, 11) is 0. The number of carbonyl (C=O) groups excluding carboxylic acids is 1. The molecule has 2 aromatic rings. The third-order valence-corrected chi connectivity index (χ3v) is 4.44. The van der Waals surface area contributed by atoms with Crippen molar-refractivity contribution in [3.63, 3.8) is 0 Å². The number of fused-ring (bicyclic) bond motifs is 1. The molecule has 24 heavy (non-hydrogen) atoms. The molecule has 0 saturated heterocycles. The van der Waals surface area contributed by atoms with Crippen LogP contribution in [-0.4, -0.2) is 33.4 Å². The molecule has 130 valence electrons. The molecule has 0 unspecified atom stereocenters. The number of rotatable bonds is 7. The minimum Gasteiger partial charge on any atom is -0.341 e. The van der Waals surface area contributed by atoms with Gasteiger partial charge >= 0.3 is 0 Å². The van der Waals surface area contributed by atoms with Crippen molar-refractivity contribution in [3.8, 4) is 0 Å². The maximum atomic E-state index is 13.0. The van der Waals surface area contributed by atoms with Gasteiger partial charge in [0.05, 0.1) is 11.0 Å². The van der Waals surface area contributed by atoms with Crippen molar-refractivity contribution in [2.45, 2.75) is 53.0 Å². The summed E-state index contributed by atoms with van der Waals surface area (Å²) < 4.78 is 2.16. The van der Waals surface area contributed by atoms with Crippen LogP contribution in [0.25, 0.3) is 11.0 Å². The van der Waals surface area contributed by atoms with Crippen molar-refractivity contribution in [2.24, 2.45) is 11.8 Å². The summed E-state index contributed by atoms with van der Waals surface area (Å²) in [4.78, 5) is 19.8. The lowest BCUT2D eigenvalue weighted by atomic mass is 10.1. The van der Waals surface area contributed by atoms with E-state index in [4.69, 9.17) is 4.98 Å². The predicted molar refractivity (Wildman–Crippen MR) is 98.0 cm³/mol. The van der Waals surface area contributed by atoms with Crippen LogP contribution in [0.1, 0.15) is 52.3 Å². The fraction of sp³-hybridized carbons (Fsp3) is 0.600. The van der Waals surface area contributed by atoms with E-state index in [0.717, 1.165) is 29.9 Å². The second-order valence-electron chi connectivity index (χ2n) is 7.91. The molecular formula is C20H29N3O. The van der Waals surface area contributed by atoms with E-state index < -0.39 is 0 Å². The van der Waals surface area contributed by atoms with E-state index >= 15 is 0 Å². The number of benzene rings is 1.